The van der Waals surface area contributed by atoms with Crippen LogP contribution in [-0.2, 0) is 14.9 Å². The SMILES string of the molecule is C=CCN1CC[C@@]2(c3cccc(OC)c3)C[C@H](N(C)C(=O)/C=C/c3ccoc3C)CC[C@]2(OC)C1. The van der Waals surface area contributed by atoms with Crippen LogP contribution < -0.4 is 4.74 Å². The van der Waals surface area contributed by atoms with Crippen LogP contribution in [0.3, 0.4) is 0 Å². The van der Waals surface area contributed by atoms with Crippen LogP contribution in [0.25, 0.3) is 6.08 Å². The van der Waals surface area contributed by atoms with Crippen molar-refractivity contribution in [1.29, 1.82) is 0 Å². The van der Waals surface area contributed by atoms with Crippen molar-refractivity contribution in [3.05, 3.63) is 72.2 Å². The van der Waals surface area contributed by atoms with Crippen molar-refractivity contribution in [3.8, 4) is 5.75 Å². The fraction of sp³-hybridized carbons (Fsp3) is 0.483. The van der Waals surface area contributed by atoms with Crippen LogP contribution in [0.4, 0.5) is 0 Å². The van der Waals surface area contributed by atoms with E-state index >= 15 is 0 Å². The highest BCUT2D eigenvalue weighted by atomic mass is 16.5. The van der Waals surface area contributed by atoms with E-state index in [0.717, 1.165) is 62.4 Å². The number of rotatable bonds is 8. The van der Waals surface area contributed by atoms with Gasteiger partial charge in [-0.1, -0.05) is 18.2 Å². The van der Waals surface area contributed by atoms with Crippen molar-refractivity contribution >= 4 is 12.0 Å². The third-order valence-corrected chi connectivity index (χ3v) is 8.27. The van der Waals surface area contributed by atoms with Gasteiger partial charge in [-0.15, -0.1) is 6.58 Å². The Hall–Kier alpha value is -2.83. The van der Waals surface area contributed by atoms with Crippen LogP contribution in [0.1, 0.15) is 42.6 Å². The Morgan fingerprint density at radius 1 is 1.31 bits per heavy atom. The molecule has 1 aliphatic heterocycles. The molecule has 3 atom stereocenters. The number of ether oxygens (including phenoxy) is 2. The molecule has 2 aromatic rings. The lowest BCUT2D eigenvalue weighted by molar-refractivity contribution is -0.157. The first-order chi connectivity index (χ1) is 16.9. The Labute approximate surface area is 209 Å². The molecule has 1 saturated heterocycles. The predicted molar refractivity (Wildman–Crippen MR) is 139 cm³/mol. The molecular weight excluding hydrogens is 440 g/mol. The number of nitrogens with zero attached hydrogens (tertiary/aromatic N) is 2. The minimum atomic E-state index is -0.343. The molecule has 1 aliphatic carbocycles. The molecule has 0 radical (unpaired) electrons. The standard InChI is InChI=1S/C29H38N2O4/c1-6-16-31-17-15-28(24-8-7-9-26(19-24)33-4)20-25(12-14-29(28,21-31)34-5)30(3)27(32)11-10-23-13-18-35-22(23)2/h6-11,13,18-19,25H,1,12,14-17,20-21H2,2-5H3/b11-10+/t25-,28+,29+/m1/s1. The summed E-state index contributed by atoms with van der Waals surface area (Å²) in [7, 11) is 5.47. The minimum Gasteiger partial charge on any atom is -0.497 e. The van der Waals surface area contributed by atoms with Crippen molar-refractivity contribution in [2.24, 2.45) is 0 Å². The predicted octanol–water partition coefficient (Wildman–Crippen LogP) is 4.84. The number of carbonyl (C=O) groups excluding carboxylic acids is 1. The number of piperidine rings is 1. The summed E-state index contributed by atoms with van der Waals surface area (Å²) in [5, 5.41) is 0. The lowest BCUT2D eigenvalue weighted by atomic mass is 9.55. The van der Waals surface area contributed by atoms with E-state index in [0.29, 0.717) is 0 Å². The average molecular weight is 479 g/mol. The Morgan fingerprint density at radius 3 is 2.83 bits per heavy atom. The number of furan rings is 1. The number of carbonyl (C=O) groups is 1. The number of aryl methyl sites for hydroxylation is 1. The van der Waals surface area contributed by atoms with E-state index in [1.165, 1.54) is 5.56 Å². The molecule has 6 nitrogen and oxygen atoms in total. The maximum Gasteiger partial charge on any atom is 0.246 e. The van der Waals surface area contributed by atoms with Crippen LogP contribution >= 0.6 is 0 Å². The van der Waals surface area contributed by atoms with E-state index in [9.17, 15) is 4.79 Å². The summed E-state index contributed by atoms with van der Waals surface area (Å²) in [5.74, 6) is 1.66. The summed E-state index contributed by atoms with van der Waals surface area (Å²) < 4.78 is 17.4. The van der Waals surface area contributed by atoms with Crippen LogP contribution in [0.15, 0.2) is 59.7 Å². The van der Waals surface area contributed by atoms with Gasteiger partial charge < -0.3 is 18.8 Å². The molecule has 2 fully saturated rings. The van der Waals surface area contributed by atoms with Gasteiger partial charge in [-0.05, 0) is 69.0 Å². The number of fused-ring (bicyclic) bond motifs is 1. The lowest BCUT2D eigenvalue weighted by Gasteiger charge is -2.60. The molecule has 0 unspecified atom stereocenters. The van der Waals surface area contributed by atoms with Gasteiger partial charge in [-0.3, -0.25) is 9.69 Å². The monoisotopic (exact) mass is 478 g/mol. The number of likely N-dealkylation sites (N-methyl/N-ethyl adjacent to an activating group) is 1. The zero-order chi connectivity index (χ0) is 25.1. The smallest absolute Gasteiger partial charge is 0.246 e. The van der Waals surface area contributed by atoms with Crippen molar-refractivity contribution in [2.75, 3.05) is 40.9 Å². The highest BCUT2D eigenvalue weighted by molar-refractivity contribution is 5.92. The Balaban J connectivity index is 1.66. The summed E-state index contributed by atoms with van der Waals surface area (Å²) in [4.78, 5) is 17.5. The Bertz CT molecular complexity index is 1080. The zero-order valence-electron chi connectivity index (χ0n) is 21.5. The molecule has 0 spiro atoms. The number of benzene rings is 1. The first-order valence-electron chi connectivity index (χ1n) is 12.4. The quantitative estimate of drug-likeness (QED) is 0.402. The number of hydrogen-bond donors (Lipinski definition) is 0. The molecule has 2 aliphatic rings. The van der Waals surface area contributed by atoms with E-state index in [4.69, 9.17) is 13.9 Å². The van der Waals surface area contributed by atoms with Gasteiger partial charge in [0, 0.05) is 50.3 Å². The average Bonchev–Trinajstić information content (AvgIpc) is 3.31. The maximum atomic E-state index is 13.2. The van der Waals surface area contributed by atoms with Gasteiger partial charge >= 0.3 is 0 Å². The molecule has 0 bridgehead atoms. The molecule has 4 rings (SSSR count). The summed E-state index contributed by atoms with van der Waals surface area (Å²) in [6, 6.07) is 10.4. The summed E-state index contributed by atoms with van der Waals surface area (Å²) >= 11 is 0. The number of methoxy groups -OCH3 is 2. The summed E-state index contributed by atoms with van der Waals surface area (Å²) in [6.45, 7) is 8.49. The molecule has 1 saturated carbocycles. The van der Waals surface area contributed by atoms with Gasteiger partial charge in [-0.25, -0.2) is 0 Å². The molecule has 1 aromatic carbocycles. The van der Waals surface area contributed by atoms with Crippen molar-refractivity contribution in [1.82, 2.24) is 9.80 Å². The second kappa shape index (κ2) is 10.4. The van der Waals surface area contributed by atoms with Gasteiger partial charge in [0.1, 0.15) is 11.5 Å². The van der Waals surface area contributed by atoms with Crippen LogP contribution in [-0.4, -0.2) is 68.3 Å². The van der Waals surface area contributed by atoms with Gasteiger partial charge in [0.05, 0.1) is 19.0 Å². The summed E-state index contributed by atoms with van der Waals surface area (Å²) in [6.07, 6.45) is 10.7. The number of hydrogen-bond acceptors (Lipinski definition) is 5. The van der Waals surface area contributed by atoms with Gasteiger partial charge in [-0.2, -0.15) is 0 Å². The second-order valence-corrected chi connectivity index (χ2v) is 9.90. The normalized spacial score (nSPS) is 26.9. The summed E-state index contributed by atoms with van der Waals surface area (Å²) in [5.41, 5.74) is 1.59. The van der Waals surface area contributed by atoms with E-state index in [-0.39, 0.29) is 23.0 Å². The first-order valence-corrected chi connectivity index (χ1v) is 12.4. The molecular formula is C29H38N2O4. The van der Waals surface area contributed by atoms with Gasteiger partial charge in [0.25, 0.3) is 0 Å². The zero-order valence-corrected chi connectivity index (χ0v) is 21.5. The largest absolute Gasteiger partial charge is 0.497 e. The van der Waals surface area contributed by atoms with Gasteiger partial charge in [0.15, 0.2) is 0 Å². The van der Waals surface area contributed by atoms with E-state index in [1.807, 2.05) is 50.3 Å². The Kier molecular flexibility index (Phi) is 7.53. The number of amides is 1. The van der Waals surface area contributed by atoms with Crippen molar-refractivity contribution < 1.29 is 18.7 Å². The third-order valence-electron chi connectivity index (χ3n) is 8.27. The second-order valence-electron chi connectivity index (χ2n) is 9.90. The van der Waals surface area contributed by atoms with E-state index in [1.54, 1.807) is 19.4 Å². The highest BCUT2D eigenvalue weighted by Gasteiger charge is 2.59. The van der Waals surface area contributed by atoms with Gasteiger partial charge in [0.2, 0.25) is 5.91 Å². The van der Waals surface area contributed by atoms with Crippen molar-refractivity contribution in [3.63, 3.8) is 0 Å². The van der Waals surface area contributed by atoms with Crippen LogP contribution in [0, 0.1) is 6.92 Å². The fourth-order valence-corrected chi connectivity index (χ4v) is 6.18. The molecule has 0 N–H and O–H groups in total. The molecule has 1 amide bonds. The topological polar surface area (TPSA) is 55.2 Å². The lowest BCUT2D eigenvalue weighted by Crippen LogP contribution is -2.68. The molecule has 35 heavy (non-hydrogen) atoms. The van der Waals surface area contributed by atoms with Crippen LogP contribution in [0.2, 0.25) is 0 Å². The molecule has 6 heteroatoms. The fourth-order valence-electron chi connectivity index (χ4n) is 6.18. The molecule has 188 valence electrons. The van der Waals surface area contributed by atoms with E-state index in [2.05, 4.69) is 29.7 Å². The minimum absolute atomic E-state index is 0.00500. The number of likely N-dealkylation sites (tertiary alicyclic amines) is 1. The van der Waals surface area contributed by atoms with E-state index < -0.39 is 0 Å². The van der Waals surface area contributed by atoms with Crippen LogP contribution in [0.5, 0.6) is 5.75 Å². The van der Waals surface area contributed by atoms with Crippen molar-refractivity contribution in [2.45, 2.75) is 49.7 Å². The Morgan fingerprint density at radius 2 is 2.14 bits per heavy atom. The third kappa shape index (κ3) is 4.69. The first kappa shape index (κ1) is 25.3. The maximum absolute atomic E-state index is 13.2. The molecule has 1 aromatic heterocycles. The molecule has 2 heterocycles. The highest BCUT2D eigenvalue weighted by Crippen LogP contribution is 2.54.